The summed E-state index contributed by atoms with van der Waals surface area (Å²) in [5.74, 6) is -1.24. The lowest BCUT2D eigenvalue weighted by atomic mass is 10.0. The number of carbonyl (C=O) groups is 2. The second-order valence-electron chi connectivity index (χ2n) is 6.41. The molecule has 0 saturated carbocycles. The Bertz CT molecular complexity index is 909. The molecule has 1 aliphatic rings. The van der Waals surface area contributed by atoms with Gasteiger partial charge in [-0.25, -0.2) is 22.9 Å². The zero-order valence-corrected chi connectivity index (χ0v) is 14.9. The van der Waals surface area contributed by atoms with E-state index in [1.165, 1.54) is 12.7 Å². The number of carbonyl (C=O) groups excluding carboxylic acids is 2. The van der Waals surface area contributed by atoms with Crippen LogP contribution < -0.4 is 5.32 Å². The summed E-state index contributed by atoms with van der Waals surface area (Å²) >= 11 is 0. The van der Waals surface area contributed by atoms with E-state index in [-0.39, 0.29) is 17.1 Å². The molecule has 26 heavy (non-hydrogen) atoms. The highest BCUT2D eigenvalue weighted by atomic mass is 32.2. The number of nitrogens with one attached hydrogen (secondary N) is 1. The number of hydrogen-bond donors (Lipinski definition) is 1. The molecule has 1 saturated heterocycles. The molecule has 2 heterocycles. The molecule has 1 N–H and O–H groups in total. The fraction of sp³-hybridized carbons (Fsp3) is 0.375. The number of aromatic nitrogens is 3. The Hall–Kier alpha value is -2.75. The van der Waals surface area contributed by atoms with Gasteiger partial charge in [-0.3, -0.25) is 4.79 Å². The summed E-state index contributed by atoms with van der Waals surface area (Å²) in [5, 5.41) is 6.61. The summed E-state index contributed by atoms with van der Waals surface area (Å²) in [4.78, 5) is 27.8. The summed E-state index contributed by atoms with van der Waals surface area (Å²) < 4.78 is 29.6. The quantitative estimate of drug-likeness (QED) is 0.734. The highest BCUT2D eigenvalue weighted by Gasteiger charge is 2.39. The van der Waals surface area contributed by atoms with Crippen LogP contribution in [0, 0.1) is 0 Å². The normalized spacial score (nSPS) is 21.3. The van der Waals surface area contributed by atoms with Crippen molar-refractivity contribution in [3.63, 3.8) is 0 Å². The van der Waals surface area contributed by atoms with Gasteiger partial charge < -0.3 is 10.1 Å². The fourth-order valence-electron chi connectivity index (χ4n) is 2.79. The van der Waals surface area contributed by atoms with Gasteiger partial charge in [-0.1, -0.05) is 0 Å². The second-order valence-corrected chi connectivity index (χ2v) is 8.60. The van der Waals surface area contributed by atoms with Crippen molar-refractivity contribution in [1.82, 2.24) is 20.1 Å². The molecular formula is C16H18N4O5S. The number of rotatable bonds is 5. The van der Waals surface area contributed by atoms with Gasteiger partial charge in [-0.15, -0.1) is 0 Å². The predicted octanol–water partition coefficient (Wildman–Crippen LogP) is 0.117. The predicted molar refractivity (Wildman–Crippen MR) is 91.5 cm³/mol. The van der Waals surface area contributed by atoms with Crippen LogP contribution in [0.3, 0.4) is 0 Å². The van der Waals surface area contributed by atoms with Crippen LogP contribution >= 0.6 is 0 Å². The molecule has 1 aromatic carbocycles. The van der Waals surface area contributed by atoms with Crippen molar-refractivity contribution in [3.05, 3.63) is 42.5 Å². The lowest BCUT2D eigenvalue weighted by molar-refractivity contribution is -0.125. The van der Waals surface area contributed by atoms with Gasteiger partial charge >= 0.3 is 5.97 Å². The zero-order valence-electron chi connectivity index (χ0n) is 14.1. The van der Waals surface area contributed by atoms with Gasteiger partial charge in [-0.2, -0.15) is 5.10 Å². The first-order valence-corrected chi connectivity index (χ1v) is 9.72. The van der Waals surface area contributed by atoms with Crippen molar-refractivity contribution in [3.8, 4) is 5.69 Å². The summed E-state index contributed by atoms with van der Waals surface area (Å²) in [6.45, 7) is 1.19. The molecule has 1 amide bonds. The largest absolute Gasteiger partial charge is 0.452 e. The number of ether oxygens (including phenoxy) is 1. The van der Waals surface area contributed by atoms with Crippen LogP contribution in [0.5, 0.6) is 0 Å². The minimum atomic E-state index is -3.13. The van der Waals surface area contributed by atoms with Crippen molar-refractivity contribution in [2.45, 2.75) is 18.9 Å². The van der Waals surface area contributed by atoms with E-state index in [0.29, 0.717) is 6.42 Å². The summed E-state index contributed by atoms with van der Waals surface area (Å²) in [7, 11) is -3.13. The average Bonchev–Trinajstić information content (AvgIpc) is 3.21. The van der Waals surface area contributed by atoms with Crippen LogP contribution in [-0.4, -0.2) is 58.7 Å². The third kappa shape index (κ3) is 4.26. The van der Waals surface area contributed by atoms with Crippen LogP contribution in [-0.2, 0) is 19.4 Å². The molecule has 1 aliphatic heterocycles. The van der Waals surface area contributed by atoms with Crippen molar-refractivity contribution >= 4 is 21.7 Å². The molecule has 9 nitrogen and oxygen atoms in total. The highest BCUT2D eigenvalue weighted by molar-refractivity contribution is 7.91. The van der Waals surface area contributed by atoms with Crippen LogP contribution in [0.2, 0.25) is 0 Å². The fourth-order valence-corrected chi connectivity index (χ4v) is 4.88. The second kappa shape index (κ2) is 6.87. The Morgan fingerprint density at radius 1 is 1.31 bits per heavy atom. The smallest absolute Gasteiger partial charge is 0.338 e. The van der Waals surface area contributed by atoms with Gasteiger partial charge in [0.25, 0.3) is 5.91 Å². The van der Waals surface area contributed by atoms with Gasteiger partial charge in [0.05, 0.1) is 28.3 Å². The van der Waals surface area contributed by atoms with Crippen molar-refractivity contribution in [2.75, 3.05) is 18.1 Å². The Balaban J connectivity index is 1.53. The SMILES string of the molecule is C[C@@]1(NC(=O)COC(=O)c2ccc(-n3cncn3)cc2)CCS(=O)(=O)C1. The molecule has 0 unspecified atom stereocenters. The monoisotopic (exact) mass is 378 g/mol. The minimum Gasteiger partial charge on any atom is -0.452 e. The molecule has 3 rings (SSSR count). The molecule has 1 atom stereocenters. The molecule has 2 aromatic rings. The van der Waals surface area contributed by atoms with E-state index < -0.39 is 33.9 Å². The molecule has 0 spiro atoms. The highest BCUT2D eigenvalue weighted by Crippen LogP contribution is 2.22. The number of nitrogens with zero attached hydrogens (tertiary/aromatic N) is 3. The van der Waals surface area contributed by atoms with E-state index in [1.54, 1.807) is 35.9 Å². The minimum absolute atomic E-state index is 0.0433. The average molecular weight is 378 g/mol. The lowest BCUT2D eigenvalue weighted by Crippen LogP contribution is -2.48. The lowest BCUT2D eigenvalue weighted by Gasteiger charge is -2.23. The van der Waals surface area contributed by atoms with E-state index >= 15 is 0 Å². The van der Waals surface area contributed by atoms with Crippen molar-refractivity contribution in [2.24, 2.45) is 0 Å². The molecule has 0 bridgehead atoms. The van der Waals surface area contributed by atoms with E-state index in [9.17, 15) is 18.0 Å². The number of hydrogen-bond acceptors (Lipinski definition) is 7. The third-order valence-corrected chi connectivity index (χ3v) is 5.97. The van der Waals surface area contributed by atoms with Crippen molar-refractivity contribution in [1.29, 1.82) is 0 Å². The first kappa shape index (κ1) is 18.1. The van der Waals surface area contributed by atoms with Gasteiger partial charge in [0.15, 0.2) is 16.4 Å². The van der Waals surface area contributed by atoms with E-state index in [0.717, 1.165) is 5.69 Å². The Morgan fingerprint density at radius 2 is 2.04 bits per heavy atom. The van der Waals surface area contributed by atoms with Gasteiger partial charge in [0, 0.05) is 0 Å². The van der Waals surface area contributed by atoms with Crippen molar-refractivity contribution < 1.29 is 22.7 Å². The first-order valence-electron chi connectivity index (χ1n) is 7.90. The van der Waals surface area contributed by atoms with E-state index in [4.69, 9.17) is 4.74 Å². The molecule has 0 aliphatic carbocycles. The molecule has 1 fully saturated rings. The van der Waals surface area contributed by atoms with E-state index in [1.807, 2.05) is 0 Å². The third-order valence-electron chi connectivity index (χ3n) is 4.07. The van der Waals surface area contributed by atoms with Gasteiger partial charge in [0.1, 0.15) is 12.7 Å². The molecule has 138 valence electrons. The van der Waals surface area contributed by atoms with Gasteiger partial charge in [0.2, 0.25) is 0 Å². The topological polar surface area (TPSA) is 120 Å². The maximum atomic E-state index is 12.0. The Kier molecular flexibility index (Phi) is 4.77. The summed E-state index contributed by atoms with van der Waals surface area (Å²) in [6.07, 6.45) is 3.27. The molecule has 0 radical (unpaired) electrons. The van der Waals surface area contributed by atoms with Crippen LogP contribution in [0.15, 0.2) is 36.9 Å². The van der Waals surface area contributed by atoms with Crippen LogP contribution in [0.25, 0.3) is 5.69 Å². The van der Waals surface area contributed by atoms with Crippen LogP contribution in [0.1, 0.15) is 23.7 Å². The maximum absolute atomic E-state index is 12.0. The number of amides is 1. The number of benzene rings is 1. The van der Waals surface area contributed by atoms with E-state index in [2.05, 4.69) is 15.4 Å². The molecular weight excluding hydrogens is 360 g/mol. The van der Waals surface area contributed by atoms with Gasteiger partial charge in [-0.05, 0) is 37.6 Å². The molecule has 10 heteroatoms. The number of sulfone groups is 1. The molecule has 1 aromatic heterocycles. The number of esters is 1. The zero-order chi connectivity index (χ0) is 18.8. The summed E-state index contributed by atoms with van der Waals surface area (Å²) in [5.41, 5.74) is 0.199. The standard InChI is InChI=1S/C16H18N4O5S/c1-16(6-7-26(23,24)9-16)19-14(21)8-25-15(22)12-2-4-13(5-3-12)20-11-17-10-18-20/h2-5,10-11H,6-9H2,1H3,(H,19,21)/t16-/m1/s1. The Morgan fingerprint density at radius 3 is 2.62 bits per heavy atom. The summed E-state index contributed by atoms with van der Waals surface area (Å²) in [6, 6.07) is 6.47. The maximum Gasteiger partial charge on any atom is 0.338 e. The first-order chi connectivity index (χ1) is 12.3. The Labute approximate surface area is 150 Å². The van der Waals surface area contributed by atoms with Crippen LogP contribution in [0.4, 0.5) is 0 Å².